The number of nitrogens with one attached hydrogen (secondary N) is 2. The predicted molar refractivity (Wildman–Crippen MR) is 110 cm³/mol. The van der Waals surface area contributed by atoms with Crippen molar-refractivity contribution >= 4 is 33.8 Å². The van der Waals surface area contributed by atoms with Crippen LogP contribution in [0.4, 0.5) is 5.00 Å². The molecule has 1 aliphatic carbocycles. The van der Waals surface area contributed by atoms with E-state index in [4.69, 9.17) is 16.3 Å². The molecule has 1 fully saturated rings. The Bertz CT molecular complexity index is 812. The van der Waals surface area contributed by atoms with Crippen LogP contribution in [0.3, 0.4) is 0 Å². The van der Waals surface area contributed by atoms with E-state index in [2.05, 4.69) is 17.4 Å². The predicted octanol–water partition coefficient (Wildman–Crippen LogP) is 3.24. The Kier molecular flexibility index (Phi) is 5.83. The molecule has 27 heavy (non-hydrogen) atoms. The first kappa shape index (κ1) is 18.9. The normalized spacial score (nSPS) is 18.7. The van der Waals surface area contributed by atoms with Gasteiger partial charge in [-0.1, -0.05) is 23.7 Å². The summed E-state index contributed by atoms with van der Waals surface area (Å²) in [7, 11) is 0. The van der Waals surface area contributed by atoms with Gasteiger partial charge in [-0.25, -0.2) is 0 Å². The van der Waals surface area contributed by atoms with Gasteiger partial charge < -0.3 is 15.0 Å². The minimum atomic E-state index is 0.00156. The number of carbonyl (C=O) groups is 1. The smallest absolute Gasteiger partial charge is 0.221 e. The molecule has 4 nitrogen and oxygen atoms in total. The van der Waals surface area contributed by atoms with Gasteiger partial charge in [-0.05, 0) is 43.4 Å². The Balaban J connectivity index is 1.84. The van der Waals surface area contributed by atoms with E-state index in [1.165, 1.54) is 39.3 Å². The van der Waals surface area contributed by atoms with E-state index in [1.54, 1.807) is 18.3 Å². The zero-order chi connectivity index (χ0) is 18.8. The Morgan fingerprint density at radius 1 is 1.19 bits per heavy atom. The van der Waals surface area contributed by atoms with E-state index < -0.39 is 0 Å². The van der Waals surface area contributed by atoms with E-state index in [0.717, 1.165) is 49.2 Å². The molecule has 4 rings (SSSR count). The van der Waals surface area contributed by atoms with Crippen molar-refractivity contribution in [1.82, 2.24) is 0 Å². The van der Waals surface area contributed by atoms with Crippen LogP contribution in [0.1, 0.15) is 47.4 Å². The molecule has 2 heterocycles. The number of rotatable bonds is 4. The highest BCUT2D eigenvalue weighted by Crippen LogP contribution is 2.42. The lowest BCUT2D eigenvalue weighted by atomic mass is 9.88. The number of hydrogen-bond acceptors (Lipinski definition) is 3. The molecule has 0 bridgehead atoms. The molecule has 0 spiro atoms. The Hall–Kier alpha value is -1.40. The lowest BCUT2D eigenvalue weighted by Gasteiger charge is -2.33. The fourth-order valence-electron chi connectivity index (χ4n) is 4.33. The van der Waals surface area contributed by atoms with E-state index >= 15 is 0 Å². The van der Waals surface area contributed by atoms with Crippen LogP contribution < -0.4 is 10.2 Å². The Morgan fingerprint density at radius 2 is 1.89 bits per heavy atom. The number of morpholine rings is 1. The van der Waals surface area contributed by atoms with Crippen molar-refractivity contribution in [3.8, 4) is 0 Å². The summed E-state index contributed by atoms with van der Waals surface area (Å²) in [5.41, 5.74) is 4.05. The number of ether oxygens (including phenoxy) is 1. The molecule has 2 N–H and O–H groups in total. The maximum Gasteiger partial charge on any atom is 0.221 e. The SMILES string of the molecule is CC(=O)Nc1sc2c(c1[C@H](c1ccc(Cl)cc1)[NH+]1CCOCC1)CCCC2. The van der Waals surface area contributed by atoms with Gasteiger partial charge >= 0.3 is 0 Å². The van der Waals surface area contributed by atoms with Crippen LogP contribution in [0.5, 0.6) is 0 Å². The second-order valence-electron chi connectivity index (χ2n) is 7.39. The largest absolute Gasteiger partial charge is 0.370 e. The first-order chi connectivity index (χ1) is 13.1. The number of halogens is 1. The van der Waals surface area contributed by atoms with Crippen LogP contribution >= 0.6 is 22.9 Å². The molecule has 1 amide bonds. The molecule has 0 unspecified atom stereocenters. The average Bonchev–Trinajstić information content (AvgIpc) is 3.02. The number of aryl methyl sites for hydroxylation is 1. The van der Waals surface area contributed by atoms with Crippen LogP contribution in [0.15, 0.2) is 24.3 Å². The van der Waals surface area contributed by atoms with Gasteiger partial charge in [0, 0.05) is 22.4 Å². The zero-order valence-electron chi connectivity index (χ0n) is 15.6. The van der Waals surface area contributed by atoms with E-state index in [0.29, 0.717) is 0 Å². The molecular formula is C21H26ClN2O2S+. The summed E-state index contributed by atoms with van der Waals surface area (Å²) in [6.45, 7) is 5.10. The third-order valence-corrected chi connectivity index (χ3v) is 7.01. The second kappa shape index (κ2) is 8.31. The average molecular weight is 406 g/mol. The molecule has 1 aliphatic heterocycles. The minimum Gasteiger partial charge on any atom is -0.370 e. The number of anilines is 1. The lowest BCUT2D eigenvalue weighted by Crippen LogP contribution is -3.14. The van der Waals surface area contributed by atoms with Crippen molar-refractivity contribution in [1.29, 1.82) is 0 Å². The van der Waals surface area contributed by atoms with Crippen molar-refractivity contribution in [2.75, 3.05) is 31.6 Å². The molecule has 0 radical (unpaired) electrons. The van der Waals surface area contributed by atoms with Crippen LogP contribution in [0.2, 0.25) is 5.02 Å². The molecule has 2 aliphatic rings. The van der Waals surface area contributed by atoms with Crippen molar-refractivity contribution < 1.29 is 14.4 Å². The molecule has 1 aromatic heterocycles. The Morgan fingerprint density at radius 3 is 2.59 bits per heavy atom. The van der Waals surface area contributed by atoms with Crippen molar-refractivity contribution in [2.24, 2.45) is 0 Å². The summed E-state index contributed by atoms with van der Waals surface area (Å²) >= 11 is 7.94. The maximum atomic E-state index is 11.9. The maximum absolute atomic E-state index is 11.9. The van der Waals surface area contributed by atoms with Crippen LogP contribution in [-0.4, -0.2) is 32.2 Å². The van der Waals surface area contributed by atoms with Gasteiger partial charge in [0.25, 0.3) is 0 Å². The number of quaternary nitrogens is 1. The minimum absolute atomic E-state index is 0.00156. The van der Waals surface area contributed by atoms with Crippen molar-refractivity contribution in [2.45, 2.75) is 38.6 Å². The number of thiophene rings is 1. The van der Waals surface area contributed by atoms with Gasteiger partial charge in [0.15, 0.2) is 0 Å². The highest BCUT2D eigenvalue weighted by molar-refractivity contribution is 7.16. The third-order valence-electron chi connectivity index (χ3n) is 5.54. The van der Waals surface area contributed by atoms with Crippen LogP contribution in [0, 0.1) is 0 Å². The topological polar surface area (TPSA) is 42.8 Å². The quantitative estimate of drug-likeness (QED) is 0.820. The number of carbonyl (C=O) groups excluding carboxylic acids is 1. The Labute approximate surface area is 169 Å². The fourth-order valence-corrected chi connectivity index (χ4v) is 5.83. The van der Waals surface area contributed by atoms with E-state index in [1.807, 2.05) is 12.1 Å². The van der Waals surface area contributed by atoms with Crippen molar-refractivity contribution in [3.05, 3.63) is 50.9 Å². The molecule has 1 atom stereocenters. The van der Waals surface area contributed by atoms with Gasteiger partial charge in [-0.15, -0.1) is 11.3 Å². The molecule has 6 heteroatoms. The van der Waals surface area contributed by atoms with E-state index in [-0.39, 0.29) is 11.9 Å². The molecule has 2 aromatic rings. The van der Waals surface area contributed by atoms with Gasteiger partial charge in [-0.3, -0.25) is 4.79 Å². The highest BCUT2D eigenvalue weighted by atomic mass is 35.5. The van der Waals surface area contributed by atoms with Crippen molar-refractivity contribution in [3.63, 3.8) is 0 Å². The molecular weight excluding hydrogens is 380 g/mol. The summed E-state index contributed by atoms with van der Waals surface area (Å²) in [5.74, 6) is 0.00156. The number of amides is 1. The molecule has 0 saturated carbocycles. The van der Waals surface area contributed by atoms with Gasteiger partial charge in [0.2, 0.25) is 5.91 Å². The standard InChI is InChI=1S/C21H25ClN2O2S/c1-14(25)23-21-19(17-4-2-3-5-18(17)27-21)20(24-10-12-26-13-11-24)15-6-8-16(22)9-7-15/h6-9,20H,2-5,10-13H2,1H3,(H,23,25)/p+1/t20-/m0/s1. The highest BCUT2D eigenvalue weighted by Gasteiger charge is 2.35. The lowest BCUT2D eigenvalue weighted by molar-refractivity contribution is -0.933. The first-order valence-corrected chi connectivity index (χ1v) is 10.9. The molecule has 1 saturated heterocycles. The van der Waals surface area contributed by atoms with Gasteiger partial charge in [-0.2, -0.15) is 0 Å². The van der Waals surface area contributed by atoms with Gasteiger partial charge in [0.1, 0.15) is 24.1 Å². The molecule has 1 aromatic carbocycles. The van der Waals surface area contributed by atoms with E-state index in [9.17, 15) is 4.79 Å². The summed E-state index contributed by atoms with van der Waals surface area (Å²) in [6, 6.07) is 8.42. The monoisotopic (exact) mass is 405 g/mol. The number of hydrogen-bond donors (Lipinski definition) is 2. The number of fused-ring (bicyclic) bond motifs is 1. The fraction of sp³-hybridized carbons (Fsp3) is 0.476. The third kappa shape index (κ3) is 4.06. The number of benzene rings is 1. The first-order valence-electron chi connectivity index (χ1n) is 9.73. The molecule has 144 valence electrons. The summed E-state index contributed by atoms with van der Waals surface area (Å²) < 4.78 is 5.62. The summed E-state index contributed by atoms with van der Waals surface area (Å²) in [6.07, 6.45) is 4.69. The van der Waals surface area contributed by atoms with Crippen LogP contribution in [-0.2, 0) is 22.4 Å². The second-order valence-corrected chi connectivity index (χ2v) is 8.93. The van der Waals surface area contributed by atoms with Crippen LogP contribution in [0.25, 0.3) is 0 Å². The summed E-state index contributed by atoms with van der Waals surface area (Å²) in [4.78, 5) is 14.9. The summed E-state index contributed by atoms with van der Waals surface area (Å²) in [5, 5.41) is 4.93. The zero-order valence-corrected chi connectivity index (χ0v) is 17.2. The van der Waals surface area contributed by atoms with Gasteiger partial charge in [0.05, 0.1) is 18.8 Å².